The average Bonchev–Trinajstić information content (AvgIpc) is 3.80. The number of pyridine rings is 1. The highest BCUT2D eigenvalue weighted by molar-refractivity contribution is 5.95. The summed E-state index contributed by atoms with van der Waals surface area (Å²) in [5.41, 5.74) is 4.53. The van der Waals surface area contributed by atoms with Gasteiger partial charge in [-0.2, -0.15) is 5.26 Å². The molecule has 0 unspecified atom stereocenters. The summed E-state index contributed by atoms with van der Waals surface area (Å²) >= 11 is 0. The Balaban J connectivity index is 1.28. The number of piperazine rings is 1. The van der Waals surface area contributed by atoms with Gasteiger partial charge in [-0.05, 0) is 68.2 Å². The molecular formula is C30H30N6O. The summed E-state index contributed by atoms with van der Waals surface area (Å²) < 4.78 is 0. The Bertz CT molecular complexity index is 1460. The highest BCUT2D eigenvalue weighted by atomic mass is 16.2. The molecular weight excluding hydrogens is 460 g/mol. The van der Waals surface area contributed by atoms with Crippen LogP contribution in [-0.2, 0) is 4.79 Å². The zero-order chi connectivity index (χ0) is 25.1. The molecule has 1 amide bonds. The molecule has 7 nitrogen and oxygen atoms in total. The van der Waals surface area contributed by atoms with Gasteiger partial charge in [-0.15, -0.1) is 0 Å². The maximum atomic E-state index is 13.0. The Hall–Kier alpha value is -3.79. The third-order valence-corrected chi connectivity index (χ3v) is 8.33. The minimum Gasteiger partial charge on any atom is -0.352 e. The zero-order valence-electron chi connectivity index (χ0n) is 20.9. The van der Waals surface area contributed by atoms with E-state index in [0.29, 0.717) is 29.1 Å². The first kappa shape index (κ1) is 22.4. The molecule has 3 aliphatic carbocycles. The van der Waals surface area contributed by atoms with Crippen molar-refractivity contribution in [3.8, 4) is 17.2 Å². The van der Waals surface area contributed by atoms with Crippen LogP contribution >= 0.6 is 0 Å². The molecule has 7 rings (SSSR count). The Kier molecular flexibility index (Phi) is 5.24. The molecule has 37 heavy (non-hydrogen) atoms. The number of aromatic nitrogens is 3. The first-order chi connectivity index (χ1) is 18.1. The van der Waals surface area contributed by atoms with Crippen LogP contribution in [0.3, 0.4) is 0 Å². The van der Waals surface area contributed by atoms with Crippen molar-refractivity contribution in [2.75, 3.05) is 24.5 Å². The van der Waals surface area contributed by atoms with Crippen LogP contribution in [0.2, 0.25) is 0 Å². The summed E-state index contributed by atoms with van der Waals surface area (Å²) in [6, 6.07) is 10.8. The third-order valence-electron chi connectivity index (χ3n) is 8.33. The quantitative estimate of drug-likeness (QED) is 0.487. The second kappa shape index (κ2) is 8.65. The first-order valence-electron chi connectivity index (χ1n) is 13.5. The molecule has 1 aromatic carbocycles. The normalized spacial score (nSPS) is 21.6. The van der Waals surface area contributed by atoms with Crippen LogP contribution in [0.1, 0.15) is 61.5 Å². The topological polar surface area (TPSA) is 86.0 Å². The summed E-state index contributed by atoms with van der Waals surface area (Å²) in [6.07, 6.45) is 10.2. The van der Waals surface area contributed by atoms with Crippen molar-refractivity contribution < 1.29 is 4.79 Å². The molecule has 3 saturated carbocycles. The van der Waals surface area contributed by atoms with Crippen molar-refractivity contribution >= 4 is 28.7 Å². The second-order valence-electron chi connectivity index (χ2n) is 11.0. The van der Waals surface area contributed by atoms with Gasteiger partial charge in [0.2, 0.25) is 5.91 Å². The standard InChI is InChI=1S/C30H30N6O/c1-2-27-32-16-24-22(4-3-5-25(24)33-27)23-14-21(15-31)29(34-28(23)19-8-9-19)35-12-13-36(30(37)20-10-11-20)26(17-35)18-6-7-18/h2-5,14,16,18-20,26H,1,6-13,17H2/t26-/m0/s1. The number of rotatable bonds is 6. The molecule has 3 aromatic rings. The second-order valence-corrected chi connectivity index (χ2v) is 11.0. The summed E-state index contributed by atoms with van der Waals surface area (Å²) in [5.74, 6) is 2.95. The van der Waals surface area contributed by atoms with E-state index in [1.807, 2.05) is 24.4 Å². The van der Waals surface area contributed by atoms with Gasteiger partial charge in [-0.3, -0.25) is 4.79 Å². The van der Waals surface area contributed by atoms with E-state index in [-0.39, 0.29) is 12.0 Å². The minimum atomic E-state index is 0.230. The van der Waals surface area contributed by atoms with Crippen molar-refractivity contribution in [3.05, 3.63) is 54.1 Å². The molecule has 7 heteroatoms. The van der Waals surface area contributed by atoms with Gasteiger partial charge in [-0.25, -0.2) is 15.0 Å². The van der Waals surface area contributed by atoms with Gasteiger partial charge in [0.1, 0.15) is 11.9 Å². The number of nitrogens with zero attached hydrogens (tertiary/aromatic N) is 6. The van der Waals surface area contributed by atoms with Gasteiger partial charge >= 0.3 is 0 Å². The van der Waals surface area contributed by atoms with Crippen LogP contribution in [0.5, 0.6) is 0 Å². The summed E-state index contributed by atoms with van der Waals surface area (Å²) in [4.78, 5) is 31.7. The predicted octanol–water partition coefficient (Wildman–Crippen LogP) is 4.92. The highest BCUT2D eigenvalue weighted by Crippen LogP contribution is 2.46. The van der Waals surface area contributed by atoms with Crippen molar-refractivity contribution in [2.45, 2.75) is 50.5 Å². The summed E-state index contributed by atoms with van der Waals surface area (Å²) in [5, 5.41) is 11.2. The fourth-order valence-corrected chi connectivity index (χ4v) is 5.85. The molecule has 0 bridgehead atoms. The molecule has 186 valence electrons. The first-order valence-corrected chi connectivity index (χ1v) is 13.5. The lowest BCUT2D eigenvalue weighted by molar-refractivity contribution is -0.135. The fraction of sp³-hybridized carbons (Fsp3) is 0.433. The number of benzene rings is 1. The van der Waals surface area contributed by atoms with Crippen LogP contribution in [0.15, 0.2) is 37.0 Å². The van der Waals surface area contributed by atoms with Crippen LogP contribution < -0.4 is 4.90 Å². The lowest BCUT2D eigenvalue weighted by Gasteiger charge is -2.43. The maximum Gasteiger partial charge on any atom is 0.226 e. The third kappa shape index (κ3) is 4.05. The Morgan fingerprint density at radius 1 is 1.08 bits per heavy atom. The van der Waals surface area contributed by atoms with Crippen LogP contribution in [0, 0.1) is 23.2 Å². The molecule has 1 aliphatic heterocycles. The molecule has 2 aromatic heterocycles. The van der Waals surface area contributed by atoms with E-state index >= 15 is 0 Å². The van der Waals surface area contributed by atoms with Gasteiger partial charge < -0.3 is 9.80 Å². The zero-order valence-corrected chi connectivity index (χ0v) is 20.9. The van der Waals surface area contributed by atoms with Crippen molar-refractivity contribution in [1.29, 1.82) is 5.26 Å². The van der Waals surface area contributed by atoms with Crippen molar-refractivity contribution in [3.63, 3.8) is 0 Å². The van der Waals surface area contributed by atoms with Crippen LogP contribution in [-0.4, -0.2) is 51.4 Å². The van der Waals surface area contributed by atoms with Crippen LogP contribution in [0.25, 0.3) is 28.1 Å². The molecule has 0 spiro atoms. The molecule has 0 N–H and O–H groups in total. The van der Waals surface area contributed by atoms with Gasteiger partial charge in [0.05, 0.1) is 22.8 Å². The van der Waals surface area contributed by atoms with E-state index in [2.05, 4.69) is 38.5 Å². The van der Waals surface area contributed by atoms with E-state index in [1.54, 1.807) is 6.08 Å². The fourth-order valence-electron chi connectivity index (χ4n) is 5.85. The summed E-state index contributed by atoms with van der Waals surface area (Å²) in [7, 11) is 0. The van der Waals surface area contributed by atoms with Gasteiger partial charge in [-0.1, -0.05) is 18.7 Å². The number of fused-ring (bicyclic) bond motifs is 1. The van der Waals surface area contributed by atoms with Gasteiger partial charge in [0.15, 0.2) is 5.82 Å². The lowest BCUT2D eigenvalue weighted by atomic mass is 9.96. The number of nitriles is 1. The Labute approximate surface area is 216 Å². The number of hydrogen-bond donors (Lipinski definition) is 0. The molecule has 3 heterocycles. The van der Waals surface area contributed by atoms with Gasteiger partial charge in [0.25, 0.3) is 0 Å². The van der Waals surface area contributed by atoms with E-state index in [1.165, 1.54) is 12.8 Å². The number of carbonyl (C=O) groups is 1. The minimum absolute atomic E-state index is 0.230. The number of amides is 1. The SMILES string of the molecule is C=Cc1ncc2c(-c3cc(C#N)c(N4CCN(C(=O)C5CC5)[C@H](C5CC5)C4)nc3C3CC3)cccc2n1. The average molecular weight is 491 g/mol. The Morgan fingerprint density at radius 3 is 2.62 bits per heavy atom. The van der Waals surface area contributed by atoms with E-state index in [0.717, 1.165) is 78.9 Å². The molecule has 1 atom stereocenters. The molecule has 1 saturated heterocycles. The smallest absolute Gasteiger partial charge is 0.226 e. The van der Waals surface area contributed by atoms with Crippen molar-refractivity contribution in [2.24, 2.45) is 11.8 Å². The predicted molar refractivity (Wildman–Crippen MR) is 143 cm³/mol. The number of carbonyl (C=O) groups excluding carboxylic acids is 1. The number of anilines is 1. The maximum absolute atomic E-state index is 13.0. The molecule has 0 radical (unpaired) electrons. The summed E-state index contributed by atoms with van der Waals surface area (Å²) in [6.45, 7) is 5.99. The lowest BCUT2D eigenvalue weighted by Crippen LogP contribution is -2.57. The monoisotopic (exact) mass is 490 g/mol. The molecule has 4 aliphatic rings. The number of hydrogen-bond acceptors (Lipinski definition) is 6. The van der Waals surface area contributed by atoms with E-state index < -0.39 is 0 Å². The highest BCUT2D eigenvalue weighted by Gasteiger charge is 2.45. The van der Waals surface area contributed by atoms with E-state index in [9.17, 15) is 10.1 Å². The van der Waals surface area contributed by atoms with Gasteiger partial charge in [0, 0.05) is 48.6 Å². The Morgan fingerprint density at radius 2 is 1.92 bits per heavy atom. The van der Waals surface area contributed by atoms with Crippen molar-refractivity contribution in [1.82, 2.24) is 19.9 Å². The van der Waals surface area contributed by atoms with E-state index in [4.69, 9.17) is 4.98 Å². The van der Waals surface area contributed by atoms with Crippen LogP contribution in [0.4, 0.5) is 5.82 Å². The largest absolute Gasteiger partial charge is 0.352 e. The molecule has 4 fully saturated rings.